The van der Waals surface area contributed by atoms with Crippen LogP contribution in [0.2, 0.25) is 5.02 Å². The highest BCUT2D eigenvalue weighted by molar-refractivity contribution is 6.31. The summed E-state index contributed by atoms with van der Waals surface area (Å²) in [6, 6.07) is 14.0. The molecule has 3 nitrogen and oxygen atoms in total. The topological polar surface area (TPSA) is 30.5 Å². The zero-order chi connectivity index (χ0) is 21.7. The van der Waals surface area contributed by atoms with Gasteiger partial charge in [-0.3, -0.25) is 0 Å². The maximum Gasteiger partial charge on any atom is 0.166 e. The van der Waals surface area contributed by atoms with Crippen LogP contribution in [0.1, 0.15) is 63.5 Å². The normalized spacial score (nSPS) is 33.5. The number of rotatable bonds is 7. The first-order valence-corrected chi connectivity index (χ1v) is 12.0. The molecular weight excluding hydrogens is 406 g/mol. The molecule has 4 atom stereocenters. The summed E-state index contributed by atoms with van der Waals surface area (Å²) in [6.45, 7) is 6.27. The molecule has 0 aromatic heterocycles. The van der Waals surface area contributed by atoms with Crippen molar-refractivity contribution in [3.8, 4) is 11.5 Å². The smallest absolute Gasteiger partial charge is 0.166 e. The van der Waals surface area contributed by atoms with Crippen molar-refractivity contribution in [3.63, 3.8) is 0 Å². The van der Waals surface area contributed by atoms with Gasteiger partial charge in [0.25, 0.3) is 0 Å². The minimum atomic E-state index is 0.256. The monoisotopic (exact) mass is 439 g/mol. The highest BCUT2D eigenvalue weighted by Crippen LogP contribution is 2.66. The van der Waals surface area contributed by atoms with Gasteiger partial charge in [-0.2, -0.15) is 0 Å². The molecule has 4 heteroatoms. The molecule has 0 amide bonds. The van der Waals surface area contributed by atoms with Gasteiger partial charge in [0, 0.05) is 28.2 Å². The summed E-state index contributed by atoms with van der Waals surface area (Å²) in [5.74, 6) is 2.47. The Labute approximate surface area is 191 Å². The van der Waals surface area contributed by atoms with E-state index in [1.165, 1.54) is 38.5 Å². The second kappa shape index (κ2) is 7.71. The molecule has 166 valence electrons. The average Bonchev–Trinajstić information content (AvgIpc) is 2.69. The number of hydrogen-bond acceptors (Lipinski definition) is 3. The highest BCUT2D eigenvalue weighted by Gasteiger charge is 2.59. The van der Waals surface area contributed by atoms with Crippen LogP contribution in [0.25, 0.3) is 0 Å². The van der Waals surface area contributed by atoms with Crippen LogP contribution in [0.3, 0.4) is 0 Å². The van der Waals surface area contributed by atoms with Crippen molar-refractivity contribution in [3.05, 3.63) is 58.6 Å². The molecule has 2 aromatic carbocycles. The van der Waals surface area contributed by atoms with Crippen molar-refractivity contribution in [1.82, 2.24) is 5.32 Å². The molecule has 2 aromatic rings. The summed E-state index contributed by atoms with van der Waals surface area (Å²) in [6.07, 6.45) is 8.13. The van der Waals surface area contributed by atoms with Crippen LogP contribution < -0.4 is 14.8 Å². The Morgan fingerprint density at radius 1 is 0.935 bits per heavy atom. The van der Waals surface area contributed by atoms with Gasteiger partial charge in [0.15, 0.2) is 11.5 Å². The molecule has 4 saturated carbocycles. The Balaban J connectivity index is 1.36. The Kier molecular flexibility index (Phi) is 5.26. The molecule has 0 heterocycles. The number of hydrogen-bond donors (Lipinski definition) is 1. The number of ether oxygens (including phenoxy) is 2. The molecular formula is C27H34ClNO2. The quantitative estimate of drug-likeness (QED) is 0.516. The van der Waals surface area contributed by atoms with E-state index in [2.05, 4.69) is 31.3 Å². The minimum absolute atomic E-state index is 0.256. The van der Waals surface area contributed by atoms with Gasteiger partial charge < -0.3 is 14.8 Å². The van der Waals surface area contributed by atoms with E-state index in [0.717, 1.165) is 40.1 Å². The van der Waals surface area contributed by atoms with Gasteiger partial charge in [-0.25, -0.2) is 0 Å². The van der Waals surface area contributed by atoms with Crippen molar-refractivity contribution in [2.24, 2.45) is 16.7 Å². The standard InChI is InChI=1S/C27H34ClNO2/c1-25-11-19-12-26(2,16-25)18-27(13-19,17-25)29-14-20-8-6-10-23(30-3)24(20)31-15-21-7-4-5-9-22(21)28/h4-10,19,29H,11-18H2,1-3H3/t19?,25-,26+,27?. The molecule has 2 unspecified atom stereocenters. The second-order valence-corrected chi connectivity index (χ2v) is 11.5. The van der Waals surface area contributed by atoms with Gasteiger partial charge in [-0.1, -0.05) is 55.8 Å². The number of para-hydroxylation sites is 1. The van der Waals surface area contributed by atoms with Crippen molar-refractivity contribution < 1.29 is 9.47 Å². The van der Waals surface area contributed by atoms with Gasteiger partial charge in [0.1, 0.15) is 6.61 Å². The van der Waals surface area contributed by atoms with Crippen molar-refractivity contribution in [1.29, 1.82) is 0 Å². The molecule has 0 saturated heterocycles. The lowest BCUT2D eigenvalue weighted by molar-refractivity contribution is -0.118. The maximum atomic E-state index is 6.34. The Bertz CT molecular complexity index is 955. The summed E-state index contributed by atoms with van der Waals surface area (Å²) in [4.78, 5) is 0. The van der Waals surface area contributed by atoms with E-state index in [9.17, 15) is 0 Å². The van der Waals surface area contributed by atoms with E-state index in [1.54, 1.807) is 7.11 Å². The van der Waals surface area contributed by atoms with E-state index in [1.807, 2.05) is 30.3 Å². The fourth-order valence-corrected chi connectivity index (χ4v) is 7.91. The van der Waals surface area contributed by atoms with Crippen LogP contribution in [0, 0.1) is 16.7 Å². The van der Waals surface area contributed by atoms with Crippen LogP contribution >= 0.6 is 11.6 Å². The zero-order valence-electron chi connectivity index (χ0n) is 19.0. The summed E-state index contributed by atoms with van der Waals surface area (Å²) >= 11 is 6.34. The average molecular weight is 440 g/mol. The van der Waals surface area contributed by atoms with Crippen LogP contribution in [0.5, 0.6) is 11.5 Å². The molecule has 31 heavy (non-hydrogen) atoms. The van der Waals surface area contributed by atoms with Crippen LogP contribution in [0.15, 0.2) is 42.5 Å². The second-order valence-electron chi connectivity index (χ2n) is 11.1. The van der Waals surface area contributed by atoms with Crippen LogP contribution in [-0.2, 0) is 13.2 Å². The van der Waals surface area contributed by atoms with Crippen LogP contribution in [-0.4, -0.2) is 12.6 Å². The predicted molar refractivity (Wildman–Crippen MR) is 126 cm³/mol. The molecule has 4 fully saturated rings. The number of halogens is 1. The van der Waals surface area contributed by atoms with Gasteiger partial charge in [0.2, 0.25) is 0 Å². The fraction of sp³-hybridized carbons (Fsp3) is 0.556. The minimum Gasteiger partial charge on any atom is -0.493 e. The SMILES string of the molecule is COc1cccc(CNC23CC4C[C@@](C)(C2)C[C@](C)(C4)C3)c1OCc1ccccc1Cl. The first-order valence-electron chi connectivity index (χ1n) is 11.6. The molecule has 0 radical (unpaired) electrons. The zero-order valence-corrected chi connectivity index (χ0v) is 19.7. The fourth-order valence-electron chi connectivity index (χ4n) is 7.72. The van der Waals surface area contributed by atoms with E-state index in [-0.39, 0.29) is 5.54 Å². The molecule has 6 rings (SSSR count). The van der Waals surface area contributed by atoms with Gasteiger partial charge in [0.05, 0.1) is 7.11 Å². The van der Waals surface area contributed by atoms with E-state index in [4.69, 9.17) is 21.1 Å². The largest absolute Gasteiger partial charge is 0.493 e. The van der Waals surface area contributed by atoms with E-state index in [0.29, 0.717) is 17.4 Å². The van der Waals surface area contributed by atoms with Gasteiger partial charge >= 0.3 is 0 Å². The first kappa shape index (κ1) is 21.2. The Morgan fingerprint density at radius 2 is 1.65 bits per heavy atom. The number of methoxy groups -OCH3 is 1. The molecule has 0 aliphatic heterocycles. The van der Waals surface area contributed by atoms with E-state index < -0.39 is 0 Å². The third-order valence-electron chi connectivity index (χ3n) is 7.89. The third-order valence-corrected chi connectivity index (χ3v) is 8.26. The van der Waals surface area contributed by atoms with Gasteiger partial charge in [-0.15, -0.1) is 0 Å². The number of nitrogens with one attached hydrogen (secondary N) is 1. The summed E-state index contributed by atoms with van der Waals surface area (Å²) in [7, 11) is 1.70. The predicted octanol–water partition coefficient (Wildman–Crippen LogP) is 6.77. The Morgan fingerprint density at radius 3 is 2.32 bits per heavy atom. The van der Waals surface area contributed by atoms with Gasteiger partial charge in [-0.05, 0) is 67.4 Å². The van der Waals surface area contributed by atoms with Crippen molar-refractivity contribution in [2.45, 2.75) is 71.1 Å². The molecule has 4 aliphatic rings. The summed E-state index contributed by atoms with van der Waals surface area (Å²) in [5.41, 5.74) is 3.39. The molecule has 4 bridgehead atoms. The lowest BCUT2D eigenvalue weighted by Gasteiger charge is -2.65. The molecule has 4 aliphatic carbocycles. The highest BCUT2D eigenvalue weighted by atomic mass is 35.5. The lowest BCUT2D eigenvalue weighted by atomic mass is 9.43. The molecule has 1 N–H and O–H groups in total. The summed E-state index contributed by atoms with van der Waals surface area (Å²) < 4.78 is 11.9. The first-order chi connectivity index (χ1) is 14.8. The number of benzene rings is 2. The maximum absolute atomic E-state index is 6.34. The lowest BCUT2D eigenvalue weighted by Crippen LogP contribution is -2.63. The van der Waals surface area contributed by atoms with Crippen LogP contribution in [0.4, 0.5) is 0 Å². The third kappa shape index (κ3) is 4.07. The van der Waals surface area contributed by atoms with Crippen molar-refractivity contribution >= 4 is 11.6 Å². The summed E-state index contributed by atoms with van der Waals surface area (Å²) in [5, 5.41) is 4.76. The van der Waals surface area contributed by atoms with Crippen molar-refractivity contribution in [2.75, 3.05) is 7.11 Å². The Hall–Kier alpha value is -1.71. The molecule has 0 spiro atoms. The van der Waals surface area contributed by atoms with E-state index >= 15 is 0 Å².